The molecule has 0 spiro atoms. The van der Waals surface area contributed by atoms with Gasteiger partial charge in [-0.05, 0) is 18.9 Å². The molecule has 1 N–H and O–H groups in total. The van der Waals surface area contributed by atoms with Gasteiger partial charge in [-0.3, -0.25) is 14.4 Å². The second-order valence-electron chi connectivity index (χ2n) is 6.02. The zero-order valence-electron chi connectivity index (χ0n) is 14.2. The Labute approximate surface area is 137 Å². The van der Waals surface area contributed by atoms with Gasteiger partial charge in [0, 0.05) is 18.0 Å². The van der Waals surface area contributed by atoms with Crippen LogP contribution in [0.1, 0.15) is 56.0 Å². The first-order chi connectivity index (χ1) is 10.8. The zero-order chi connectivity index (χ0) is 17.6. The number of carbonyl (C=O) groups is 3. The summed E-state index contributed by atoms with van der Waals surface area (Å²) in [6, 6.07) is 6.98. The predicted molar refractivity (Wildman–Crippen MR) is 88.5 cm³/mol. The van der Waals surface area contributed by atoms with Gasteiger partial charge in [0.15, 0.2) is 5.78 Å². The molecule has 0 heterocycles. The Kier molecular flexibility index (Phi) is 6.94. The van der Waals surface area contributed by atoms with Crippen LogP contribution in [0, 0.1) is 5.92 Å². The molecule has 126 valence electrons. The zero-order valence-corrected chi connectivity index (χ0v) is 14.2. The van der Waals surface area contributed by atoms with Gasteiger partial charge >= 0.3 is 5.97 Å². The molecule has 23 heavy (non-hydrogen) atoms. The molecule has 1 aromatic rings. The third-order valence-corrected chi connectivity index (χ3v) is 3.72. The highest BCUT2D eigenvalue weighted by molar-refractivity contribution is 5.97. The van der Waals surface area contributed by atoms with Gasteiger partial charge in [0.05, 0.1) is 5.92 Å². The van der Waals surface area contributed by atoms with Crippen LogP contribution in [0.4, 0.5) is 0 Å². The molecule has 0 saturated carbocycles. The number of benzene rings is 1. The fourth-order valence-corrected chi connectivity index (χ4v) is 2.39. The molecule has 0 aliphatic carbocycles. The molecule has 1 rings (SSSR count). The number of amides is 1. The number of carboxylic acids is 1. The summed E-state index contributed by atoms with van der Waals surface area (Å²) in [4.78, 5) is 36.7. The van der Waals surface area contributed by atoms with Crippen molar-refractivity contribution in [2.75, 3.05) is 13.1 Å². The van der Waals surface area contributed by atoms with E-state index >= 15 is 0 Å². The van der Waals surface area contributed by atoms with Crippen LogP contribution in [-0.4, -0.2) is 40.8 Å². The summed E-state index contributed by atoms with van der Waals surface area (Å²) < 4.78 is 0. The lowest BCUT2D eigenvalue weighted by Gasteiger charge is -2.24. The van der Waals surface area contributed by atoms with Crippen molar-refractivity contribution >= 4 is 17.7 Å². The number of hydrogen-bond donors (Lipinski definition) is 1. The summed E-state index contributed by atoms with van der Waals surface area (Å²) in [5.74, 6) is -1.68. The molecular weight excluding hydrogens is 294 g/mol. The highest BCUT2D eigenvalue weighted by Gasteiger charge is 2.23. The molecule has 0 saturated heterocycles. The Balaban J connectivity index is 2.90. The molecule has 0 aromatic heterocycles. The van der Waals surface area contributed by atoms with E-state index in [1.165, 1.54) is 4.90 Å². The van der Waals surface area contributed by atoms with Crippen LogP contribution in [-0.2, 0) is 9.59 Å². The standard InChI is InChI=1S/C18H25NO4/c1-5-10-19(11-16(20)21)18(23)13(4)14-6-8-15(9-7-14)17(22)12(2)3/h6-9,12-13H,5,10-11H2,1-4H3,(H,20,21). The Hall–Kier alpha value is -2.17. The minimum Gasteiger partial charge on any atom is -0.480 e. The first-order valence-corrected chi connectivity index (χ1v) is 7.92. The number of carbonyl (C=O) groups excluding carboxylic acids is 2. The summed E-state index contributed by atoms with van der Waals surface area (Å²) in [5.41, 5.74) is 1.40. The molecule has 0 aliphatic heterocycles. The van der Waals surface area contributed by atoms with Crippen molar-refractivity contribution in [1.29, 1.82) is 0 Å². The van der Waals surface area contributed by atoms with E-state index in [9.17, 15) is 14.4 Å². The Morgan fingerprint density at radius 3 is 2.09 bits per heavy atom. The van der Waals surface area contributed by atoms with E-state index in [1.807, 2.05) is 20.8 Å². The third kappa shape index (κ3) is 5.20. The number of aliphatic carboxylic acids is 1. The number of carboxylic acid groups (broad SMARTS) is 1. The molecule has 1 aromatic carbocycles. The SMILES string of the molecule is CCCN(CC(=O)O)C(=O)C(C)c1ccc(C(=O)C(C)C)cc1. The average Bonchev–Trinajstić information content (AvgIpc) is 2.52. The maximum absolute atomic E-state index is 12.5. The fourth-order valence-electron chi connectivity index (χ4n) is 2.39. The van der Waals surface area contributed by atoms with Crippen LogP contribution in [0.25, 0.3) is 0 Å². The second kappa shape index (κ2) is 8.46. The highest BCUT2D eigenvalue weighted by atomic mass is 16.4. The van der Waals surface area contributed by atoms with Crippen molar-refractivity contribution in [2.45, 2.75) is 40.0 Å². The van der Waals surface area contributed by atoms with Crippen molar-refractivity contribution in [3.05, 3.63) is 35.4 Å². The van der Waals surface area contributed by atoms with Crippen molar-refractivity contribution < 1.29 is 19.5 Å². The molecule has 5 nitrogen and oxygen atoms in total. The van der Waals surface area contributed by atoms with Gasteiger partial charge in [-0.2, -0.15) is 0 Å². The van der Waals surface area contributed by atoms with Gasteiger partial charge in [0.1, 0.15) is 6.54 Å². The lowest BCUT2D eigenvalue weighted by Crippen LogP contribution is -2.38. The molecule has 1 atom stereocenters. The van der Waals surface area contributed by atoms with Gasteiger partial charge in [0.2, 0.25) is 5.91 Å². The maximum Gasteiger partial charge on any atom is 0.323 e. The highest BCUT2D eigenvalue weighted by Crippen LogP contribution is 2.20. The molecule has 5 heteroatoms. The summed E-state index contributed by atoms with van der Waals surface area (Å²) >= 11 is 0. The van der Waals surface area contributed by atoms with E-state index in [-0.39, 0.29) is 24.2 Å². The van der Waals surface area contributed by atoms with Crippen LogP contribution in [0.2, 0.25) is 0 Å². The number of ketones is 1. The van der Waals surface area contributed by atoms with Crippen LogP contribution in [0.15, 0.2) is 24.3 Å². The Morgan fingerprint density at radius 2 is 1.65 bits per heavy atom. The normalized spacial score (nSPS) is 12.0. The largest absolute Gasteiger partial charge is 0.480 e. The Morgan fingerprint density at radius 1 is 1.09 bits per heavy atom. The maximum atomic E-state index is 12.5. The number of nitrogens with zero attached hydrogens (tertiary/aromatic N) is 1. The minimum absolute atomic E-state index is 0.0639. The van der Waals surface area contributed by atoms with Gasteiger partial charge in [-0.1, -0.05) is 45.0 Å². The summed E-state index contributed by atoms with van der Waals surface area (Å²) in [6.07, 6.45) is 0.702. The summed E-state index contributed by atoms with van der Waals surface area (Å²) in [7, 11) is 0. The summed E-state index contributed by atoms with van der Waals surface area (Å²) in [5, 5.41) is 8.93. The molecule has 1 unspecified atom stereocenters. The van der Waals surface area contributed by atoms with Crippen LogP contribution < -0.4 is 0 Å². The van der Waals surface area contributed by atoms with Crippen LogP contribution in [0.5, 0.6) is 0 Å². The fraction of sp³-hybridized carbons (Fsp3) is 0.500. The first kappa shape index (κ1) is 18.9. The van der Waals surface area contributed by atoms with Gasteiger partial charge in [0.25, 0.3) is 0 Å². The van der Waals surface area contributed by atoms with Gasteiger partial charge < -0.3 is 10.0 Å². The van der Waals surface area contributed by atoms with E-state index in [0.29, 0.717) is 18.5 Å². The lowest BCUT2D eigenvalue weighted by molar-refractivity contribution is -0.145. The first-order valence-electron chi connectivity index (χ1n) is 7.92. The van der Waals surface area contributed by atoms with Crippen molar-refractivity contribution in [3.8, 4) is 0 Å². The second-order valence-corrected chi connectivity index (χ2v) is 6.02. The van der Waals surface area contributed by atoms with E-state index in [1.54, 1.807) is 31.2 Å². The smallest absolute Gasteiger partial charge is 0.323 e. The Bertz CT molecular complexity index is 563. The quantitative estimate of drug-likeness (QED) is 0.748. The van der Waals surface area contributed by atoms with Gasteiger partial charge in [-0.15, -0.1) is 0 Å². The molecule has 0 radical (unpaired) electrons. The van der Waals surface area contributed by atoms with Crippen molar-refractivity contribution in [3.63, 3.8) is 0 Å². The number of hydrogen-bond acceptors (Lipinski definition) is 3. The van der Waals surface area contributed by atoms with Crippen molar-refractivity contribution in [2.24, 2.45) is 5.92 Å². The predicted octanol–water partition coefficient (Wildman–Crippen LogP) is 2.95. The van der Waals surface area contributed by atoms with E-state index in [2.05, 4.69) is 0 Å². The monoisotopic (exact) mass is 319 g/mol. The molecule has 0 fully saturated rings. The molecule has 1 amide bonds. The average molecular weight is 319 g/mol. The lowest BCUT2D eigenvalue weighted by atomic mass is 9.95. The topological polar surface area (TPSA) is 74.7 Å². The van der Waals surface area contributed by atoms with Crippen LogP contribution in [0.3, 0.4) is 0 Å². The van der Waals surface area contributed by atoms with E-state index < -0.39 is 11.9 Å². The van der Waals surface area contributed by atoms with Crippen molar-refractivity contribution in [1.82, 2.24) is 4.90 Å². The van der Waals surface area contributed by atoms with E-state index in [4.69, 9.17) is 5.11 Å². The molecule has 0 bridgehead atoms. The third-order valence-electron chi connectivity index (χ3n) is 3.72. The van der Waals surface area contributed by atoms with Gasteiger partial charge in [-0.25, -0.2) is 0 Å². The minimum atomic E-state index is -1.02. The number of Topliss-reactive ketones (excluding diaryl/α,β-unsaturated/α-hetero) is 1. The molecule has 0 aliphatic rings. The van der Waals surface area contributed by atoms with E-state index in [0.717, 1.165) is 5.56 Å². The summed E-state index contributed by atoms with van der Waals surface area (Å²) in [6.45, 7) is 7.47. The van der Waals surface area contributed by atoms with Crippen LogP contribution >= 0.6 is 0 Å². The number of rotatable bonds is 8. The molecular formula is C18H25NO4.